The molecule has 0 saturated carbocycles. The van der Waals surface area contributed by atoms with E-state index < -0.39 is 0 Å². The van der Waals surface area contributed by atoms with Gasteiger partial charge in [-0.25, -0.2) is 0 Å². The van der Waals surface area contributed by atoms with Gasteiger partial charge in [-0.15, -0.1) is 0 Å². The molecule has 2 saturated heterocycles. The highest BCUT2D eigenvalue weighted by molar-refractivity contribution is 5.97. The van der Waals surface area contributed by atoms with Crippen LogP contribution in [-0.4, -0.2) is 79.6 Å². The Morgan fingerprint density at radius 2 is 1.88 bits per heavy atom. The number of para-hydroxylation sites is 1. The van der Waals surface area contributed by atoms with E-state index in [1.807, 2.05) is 36.1 Å². The average molecular weight is 345 g/mol. The molecule has 138 valence electrons. The molecule has 2 heterocycles. The summed E-state index contributed by atoms with van der Waals surface area (Å²) in [5.74, 6) is 0.791. The van der Waals surface area contributed by atoms with Crippen molar-refractivity contribution in [2.24, 2.45) is 0 Å². The van der Waals surface area contributed by atoms with E-state index in [2.05, 4.69) is 16.8 Å². The van der Waals surface area contributed by atoms with Crippen molar-refractivity contribution in [1.82, 2.24) is 14.7 Å². The van der Waals surface area contributed by atoms with Gasteiger partial charge in [0.25, 0.3) is 5.91 Å². The van der Waals surface area contributed by atoms with E-state index in [1.165, 1.54) is 25.8 Å². The first-order chi connectivity index (χ1) is 12.2. The molecular formula is C20H31N3O2. The Morgan fingerprint density at radius 3 is 2.60 bits per heavy atom. The van der Waals surface area contributed by atoms with Crippen LogP contribution in [0.2, 0.25) is 0 Å². The Morgan fingerprint density at radius 1 is 1.12 bits per heavy atom. The third-order valence-corrected chi connectivity index (χ3v) is 5.47. The summed E-state index contributed by atoms with van der Waals surface area (Å²) in [6.07, 6.45) is 3.98. The molecule has 0 spiro atoms. The highest BCUT2D eigenvalue weighted by Gasteiger charge is 2.27. The SMILES string of the molecule is CCOc1ccccc1C(=O)N1CCN(CC2CCCCN2C)CC1. The molecule has 25 heavy (non-hydrogen) atoms. The van der Waals surface area contributed by atoms with Crippen LogP contribution in [0.3, 0.4) is 0 Å². The molecule has 2 fully saturated rings. The number of likely N-dealkylation sites (N-methyl/N-ethyl adjacent to an activating group) is 1. The molecule has 1 amide bonds. The van der Waals surface area contributed by atoms with Crippen molar-refractivity contribution < 1.29 is 9.53 Å². The zero-order valence-corrected chi connectivity index (χ0v) is 15.6. The van der Waals surface area contributed by atoms with Crippen LogP contribution >= 0.6 is 0 Å². The summed E-state index contributed by atoms with van der Waals surface area (Å²) in [7, 11) is 2.24. The summed E-state index contributed by atoms with van der Waals surface area (Å²) < 4.78 is 5.62. The van der Waals surface area contributed by atoms with Crippen LogP contribution in [0.25, 0.3) is 0 Å². The van der Waals surface area contributed by atoms with Crippen LogP contribution in [0.15, 0.2) is 24.3 Å². The summed E-state index contributed by atoms with van der Waals surface area (Å²) >= 11 is 0. The number of nitrogens with zero attached hydrogens (tertiary/aromatic N) is 3. The standard InChI is InChI=1S/C20H31N3O2/c1-3-25-19-10-5-4-9-18(19)20(24)23-14-12-22(13-15-23)16-17-8-6-7-11-21(17)2/h4-5,9-10,17H,3,6-8,11-16H2,1-2H3. The van der Waals surface area contributed by atoms with Crippen molar-refractivity contribution in [1.29, 1.82) is 0 Å². The Hall–Kier alpha value is -1.59. The predicted molar refractivity (Wildman–Crippen MR) is 100 cm³/mol. The molecule has 0 bridgehead atoms. The maximum atomic E-state index is 12.9. The third kappa shape index (κ3) is 4.53. The monoisotopic (exact) mass is 345 g/mol. The number of piperidine rings is 1. The molecule has 1 atom stereocenters. The Labute approximate surface area is 151 Å². The Kier molecular flexibility index (Phi) is 6.32. The summed E-state index contributed by atoms with van der Waals surface area (Å²) in [6.45, 7) is 8.41. The fraction of sp³-hybridized carbons (Fsp3) is 0.650. The van der Waals surface area contributed by atoms with Gasteiger partial charge in [-0.1, -0.05) is 18.6 Å². The van der Waals surface area contributed by atoms with Crippen LogP contribution in [0.1, 0.15) is 36.5 Å². The summed E-state index contributed by atoms with van der Waals surface area (Å²) in [4.78, 5) is 19.9. The van der Waals surface area contributed by atoms with Gasteiger partial charge in [0, 0.05) is 38.8 Å². The van der Waals surface area contributed by atoms with Gasteiger partial charge in [-0.05, 0) is 45.5 Å². The van der Waals surface area contributed by atoms with Gasteiger partial charge >= 0.3 is 0 Å². The second-order valence-electron chi connectivity index (χ2n) is 7.15. The number of rotatable bonds is 5. The minimum absolute atomic E-state index is 0.0958. The molecule has 0 N–H and O–H groups in total. The van der Waals surface area contributed by atoms with Crippen LogP contribution in [0.5, 0.6) is 5.75 Å². The van der Waals surface area contributed by atoms with E-state index in [4.69, 9.17) is 4.74 Å². The number of hydrogen-bond donors (Lipinski definition) is 0. The zero-order chi connectivity index (χ0) is 17.6. The number of piperazine rings is 1. The zero-order valence-electron chi connectivity index (χ0n) is 15.6. The largest absolute Gasteiger partial charge is 0.493 e. The maximum absolute atomic E-state index is 12.9. The second-order valence-corrected chi connectivity index (χ2v) is 7.15. The second kappa shape index (κ2) is 8.68. The normalized spacial score (nSPS) is 22.8. The van der Waals surface area contributed by atoms with E-state index in [1.54, 1.807) is 0 Å². The fourth-order valence-corrected chi connectivity index (χ4v) is 3.90. The van der Waals surface area contributed by atoms with Crippen LogP contribution in [0, 0.1) is 0 Å². The van der Waals surface area contributed by atoms with Crippen molar-refractivity contribution in [3.8, 4) is 5.75 Å². The number of ether oxygens (including phenoxy) is 1. The fourth-order valence-electron chi connectivity index (χ4n) is 3.90. The summed E-state index contributed by atoms with van der Waals surface area (Å²) in [5.41, 5.74) is 0.685. The van der Waals surface area contributed by atoms with E-state index in [0.29, 0.717) is 24.0 Å². The predicted octanol–water partition coefficient (Wildman–Crippen LogP) is 2.33. The lowest BCUT2D eigenvalue weighted by Gasteiger charge is -2.40. The molecule has 2 aliphatic heterocycles. The first-order valence-electron chi connectivity index (χ1n) is 9.62. The smallest absolute Gasteiger partial charge is 0.257 e. The molecule has 1 aromatic carbocycles. The topological polar surface area (TPSA) is 36.0 Å². The Bertz CT molecular complexity index is 570. The van der Waals surface area contributed by atoms with Crippen molar-refractivity contribution in [2.75, 3.05) is 52.9 Å². The highest BCUT2D eigenvalue weighted by atomic mass is 16.5. The van der Waals surface area contributed by atoms with Crippen molar-refractivity contribution in [3.05, 3.63) is 29.8 Å². The lowest BCUT2D eigenvalue weighted by atomic mass is 10.0. The molecule has 5 nitrogen and oxygen atoms in total. The number of benzene rings is 1. The van der Waals surface area contributed by atoms with E-state index >= 15 is 0 Å². The number of carbonyl (C=O) groups is 1. The van der Waals surface area contributed by atoms with Gasteiger partial charge in [0.15, 0.2) is 0 Å². The van der Waals surface area contributed by atoms with Crippen molar-refractivity contribution in [2.45, 2.75) is 32.2 Å². The molecule has 0 radical (unpaired) electrons. The third-order valence-electron chi connectivity index (χ3n) is 5.47. The molecule has 2 aliphatic rings. The number of amides is 1. The first kappa shape index (κ1) is 18.2. The van der Waals surface area contributed by atoms with Crippen LogP contribution in [0.4, 0.5) is 0 Å². The molecule has 0 aliphatic carbocycles. The van der Waals surface area contributed by atoms with Gasteiger partial charge in [-0.2, -0.15) is 0 Å². The van der Waals surface area contributed by atoms with E-state index in [-0.39, 0.29) is 5.91 Å². The highest BCUT2D eigenvalue weighted by Crippen LogP contribution is 2.21. The lowest BCUT2D eigenvalue weighted by Crippen LogP contribution is -2.53. The van der Waals surface area contributed by atoms with Crippen LogP contribution in [-0.2, 0) is 0 Å². The van der Waals surface area contributed by atoms with Gasteiger partial charge in [0.1, 0.15) is 5.75 Å². The van der Waals surface area contributed by atoms with Gasteiger partial charge in [-0.3, -0.25) is 9.69 Å². The van der Waals surface area contributed by atoms with Gasteiger partial charge < -0.3 is 14.5 Å². The Balaban J connectivity index is 1.54. The quantitative estimate of drug-likeness (QED) is 0.821. The summed E-state index contributed by atoms with van der Waals surface area (Å²) in [6, 6.07) is 8.25. The molecule has 5 heteroatoms. The first-order valence-corrected chi connectivity index (χ1v) is 9.62. The molecule has 3 rings (SSSR count). The minimum atomic E-state index is 0.0958. The summed E-state index contributed by atoms with van der Waals surface area (Å²) in [5, 5.41) is 0. The molecule has 1 unspecified atom stereocenters. The van der Waals surface area contributed by atoms with Crippen LogP contribution < -0.4 is 4.74 Å². The lowest BCUT2D eigenvalue weighted by molar-refractivity contribution is 0.0561. The maximum Gasteiger partial charge on any atom is 0.257 e. The van der Waals surface area contributed by atoms with Gasteiger partial charge in [0.2, 0.25) is 0 Å². The van der Waals surface area contributed by atoms with E-state index in [0.717, 1.165) is 32.7 Å². The number of likely N-dealkylation sites (tertiary alicyclic amines) is 1. The average Bonchev–Trinajstić information content (AvgIpc) is 2.64. The van der Waals surface area contributed by atoms with Crippen molar-refractivity contribution >= 4 is 5.91 Å². The van der Waals surface area contributed by atoms with E-state index in [9.17, 15) is 4.79 Å². The van der Waals surface area contributed by atoms with Crippen molar-refractivity contribution in [3.63, 3.8) is 0 Å². The molecular weight excluding hydrogens is 314 g/mol. The molecule has 1 aromatic rings. The van der Waals surface area contributed by atoms with Gasteiger partial charge in [0.05, 0.1) is 12.2 Å². The minimum Gasteiger partial charge on any atom is -0.493 e. The molecule has 0 aromatic heterocycles. The number of hydrogen-bond acceptors (Lipinski definition) is 4. The number of carbonyl (C=O) groups excluding carboxylic acids is 1.